The van der Waals surface area contributed by atoms with Gasteiger partial charge >= 0.3 is 6.18 Å². The second kappa shape index (κ2) is 5.62. The zero-order chi connectivity index (χ0) is 16.9. The van der Waals surface area contributed by atoms with E-state index in [4.69, 9.17) is 4.42 Å². The molecule has 0 spiro atoms. The monoisotopic (exact) mass is 336 g/mol. The number of alkyl halides is 3. The van der Waals surface area contributed by atoms with Crippen molar-refractivity contribution in [2.45, 2.75) is 51.9 Å². The normalized spacial score (nSPS) is 17.8. The Balaban J connectivity index is 1.66. The molecule has 0 N–H and O–H groups in total. The van der Waals surface area contributed by atoms with Crippen molar-refractivity contribution in [2.24, 2.45) is 0 Å². The van der Waals surface area contributed by atoms with Gasteiger partial charge in [-0.1, -0.05) is 6.07 Å². The number of hydrogen-bond acceptors (Lipinski definition) is 3. The first-order chi connectivity index (χ1) is 11.4. The van der Waals surface area contributed by atoms with E-state index in [0.717, 1.165) is 41.8 Å². The van der Waals surface area contributed by atoms with Gasteiger partial charge in [0.1, 0.15) is 5.76 Å². The molecule has 1 aromatic carbocycles. The molecule has 4 rings (SSSR count). The van der Waals surface area contributed by atoms with Crippen LogP contribution < -0.4 is 0 Å². The van der Waals surface area contributed by atoms with Gasteiger partial charge in [-0.25, -0.2) is 4.98 Å². The molecule has 2 aromatic rings. The van der Waals surface area contributed by atoms with Gasteiger partial charge in [-0.15, -0.1) is 0 Å². The molecule has 2 heterocycles. The van der Waals surface area contributed by atoms with Gasteiger partial charge in [0.05, 0.1) is 11.3 Å². The Morgan fingerprint density at radius 3 is 2.83 bits per heavy atom. The Labute approximate surface area is 138 Å². The lowest BCUT2D eigenvalue weighted by molar-refractivity contribution is -0.138. The molecule has 2 aliphatic rings. The molecular formula is C18H19F3N2O. The molecule has 0 radical (unpaired) electrons. The van der Waals surface area contributed by atoms with E-state index in [9.17, 15) is 13.2 Å². The van der Waals surface area contributed by atoms with Gasteiger partial charge in [-0.3, -0.25) is 4.90 Å². The van der Waals surface area contributed by atoms with Crippen molar-refractivity contribution < 1.29 is 17.6 Å². The molecule has 1 aliphatic carbocycles. The molecule has 0 bridgehead atoms. The molecule has 0 saturated carbocycles. The molecular weight excluding hydrogens is 317 g/mol. The van der Waals surface area contributed by atoms with Crippen LogP contribution in [0.25, 0.3) is 0 Å². The van der Waals surface area contributed by atoms with Gasteiger partial charge in [0, 0.05) is 33.0 Å². The quantitative estimate of drug-likeness (QED) is 0.829. The number of halogens is 3. The zero-order valence-electron chi connectivity index (χ0n) is 13.5. The Kier molecular flexibility index (Phi) is 3.67. The molecule has 128 valence electrons. The summed E-state index contributed by atoms with van der Waals surface area (Å²) in [6.45, 7) is 3.37. The maximum Gasteiger partial charge on any atom is 0.416 e. The molecule has 0 amide bonds. The summed E-state index contributed by atoms with van der Waals surface area (Å²) >= 11 is 0. The molecule has 1 aliphatic heterocycles. The van der Waals surface area contributed by atoms with Crippen molar-refractivity contribution in [3.63, 3.8) is 0 Å². The summed E-state index contributed by atoms with van der Waals surface area (Å²) in [5, 5.41) is 0. The van der Waals surface area contributed by atoms with Crippen molar-refractivity contribution in [1.82, 2.24) is 9.88 Å². The van der Waals surface area contributed by atoms with Crippen LogP contribution in [0.3, 0.4) is 0 Å². The summed E-state index contributed by atoms with van der Waals surface area (Å²) in [6.07, 6.45) is -1.04. The molecule has 0 unspecified atom stereocenters. The second-order valence-corrected chi connectivity index (χ2v) is 6.64. The summed E-state index contributed by atoms with van der Waals surface area (Å²) in [4.78, 5) is 6.41. The Bertz CT molecular complexity index is 779. The van der Waals surface area contributed by atoms with Crippen LogP contribution in [0, 0.1) is 6.92 Å². The highest BCUT2D eigenvalue weighted by molar-refractivity contribution is 5.45. The number of nitrogens with zero attached hydrogens (tertiary/aromatic N) is 2. The van der Waals surface area contributed by atoms with E-state index in [1.165, 1.54) is 6.07 Å². The van der Waals surface area contributed by atoms with Gasteiger partial charge < -0.3 is 4.42 Å². The van der Waals surface area contributed by atoms with Crippen molar-refractivity contribution >= 4 is 0 Å². The first kappa shape index (κ1) is 15.7. The molecule has 3 nitrogen and oxygen atoms in total. The van der Waals surface area contributed by atoms with Crippen molar-refractivity contribution in [2.75, 3.05) is 6.54 Å². The third kappa shape index (κ3) is 2.73. The third-order valence-electron chi connectivity index (χ3n) is 5.00. The maximum absolute atomic E-state index is 13.5. The molecule has 6 heteroatoms. The highest BCUT2D eigenvalue weighted by Crippen LogP contribution is 2.38. The van der Waals surface area contributed by atoms with E-state index in [2.05, 4.69) is 4.98 Å². The zero-order valence-corrected chi connectivity index (χ0v) is 13.5. The van der Waals surface area contributed by atoms with E-state index in [0.29, 0.717) is 37.5 Å². The Morgan fingerprint density at radius 1 is 1.21 bits per heavy atom. The largest absolute Gasteiger partial charge is 0.446 e. The number of hydrogen-bond donors (Lipinski definition) is 0. The van der Waals surface area contributed by atoms with E-state index in [1.54, 1.807) is 13.0 Å². The first-order valence-electron chi connectivity index (χ1n) is 8.30. The number of fused-ring (bicyclic) bond motifs is 2. The van der Waals surface area contributed by atoms with Crippen LogP contribution in [0.1, 0.15) is 46.0 Å². The smallest absolute Gasteiger partial charge is 0.416 e. The summed E-state index contributed by atoms with van der Waals surface area (Å²) in [5.74, 6) is 1.50. The van der Waals surface area contributed by atoms with Gasteiger partial charge in [0.15, 0.2) is 5.89 Å². The highest BCUT2D eigenvalue weighted by Gasteiger charge is 2.36. The predicted octanol–water partition coefficient (Wildman–Crippen LogP) is 4.05. The summed E-state index contributed by atoms with van der Waals surface area (Å²) < 4.78 is 45.9. The first-order valence-corrected chi connectivity index (χ1v) is 8.30. The fourth-order valence-corrected chi connectivity index (χ4v) is 3.93. The predicted molar refractivity (Wildman–Crippen MR) is 82.5 cm³/mol. The van der Waals surface area contributed by atoms with Crippen LogP contribution >= 0.6 is 0 Å². The average molecular weight is 336 g/mol. The molecule has 0 fully saturated rings. The SMILES string of the molecule is Cc1nc2c(o1)CCN(Cc1c(C(F)(F)F)ccc3c1CCC3)C2. The van der Waals surface area contributed by atoms with E-state index >= 15 is 0 Å². The summed E-state index contributed by atoms with van der Waals surface area (Å²) in [7, 11) is 0. The van der Waals surface area contributed by atoms with Gasteiger partial charge in [0.25, 0.3) is 0 Å². The topological polar surface area (TPSA) is 29.3 Å². The molecule has 0 atom stereocenters. The van der Waals surface area contributed by atoms with E-state index < -0.39 is 11.7 Å². The molecule has 1 aromatic heterocycles. The minimum absolute atomic E-state index is 0.323. The molecule has 0 saturated heterocycles. The van der Waals surface area contributed by atoms with Crippen LogP contribution in [0.4, 0.5) is 13.2 Å². The van der Waals surface area contributed by atoms with Crippen molar-refractivity contribution in [3.8, 4) is 0 Å². The lowest BCUT2D eigenvalue weighted by Gasteiger charge is -2.27. The fraction of sp³-hybridized carbons (Fsp3) is 0.500. The van der Waals surface area contributed by atoms with Crippen LogP contribution in [0.2, 0.25) is 0 Å². The minimum Gasteiger partial charge on any atom is -0.446 e. The number of rotatable bonds is 2. The van der Waals surface area contributed by atoms with Crippen LogP contribution in [0.5, 0.6) is 0 Å². The lowest BCUT2D eigenvalue weighted by Crippen LogP contribution is -2.31. The number of oxazole rings is 1. The Hall–Kier alpha value is -1.82. The minimum atomic E-state index is -4.31. The maximum atomic E-state index is 13.5. The average Bonchev–Trinajstić information content (AvgIpc) is 3.11. The van der Waals surface area contributed by atoms with Crippen molar-refractivity contribution in [3.05, 3.63) is 51.7 Å². The summed E-state index contributed by atoms with van der Waals surface area (Å²) in [5.41, 5.74) is 2.83. The lowest BCUT2D eigenvalue weighted by atomic mass is 9.96. The van der Waals surface area contributed by atoms with Crippen LogP contribution in [-0.4, -0.2) is 16.4 Å². The Morgan fingerprint density at radius 2 is 2.04 bits per heavy atom. The van der Waals surface area contributed by atoms with Gasteiger partial charge in [-0.2, -0.15) is 13.2 Å². The van der Waals surface area contributed by atoms with E-state index in [1.807, 2.05) is 4.90 Å². The highest BCUT2D eigenvalue weighted by atomic mass is 19.4. The second-order valence-electron chi connectivity index (χ2n) is 6.64. The van der Waals surface area contributed by atoms with Crippen LogP contribution in [-0.2, 0) is 38.5 Å². The van der Waals surface area contributed by atoms with Gasteiger partial charge in [0.2, 0.25) is 0 Å². The summed E-state index contributed by atoms with van der Waals surface area (Å²) in [6, 6.07) is 2.92. The van der Waals surface area contributed by atoms with Gasteiger partial charge in [-0.05, 0) is 42.0 Å². The van der Waals surface area contributed by atoms with Crippen LogP contribution in [0.15, 0.2) is 16.5 Å². The van der Waals surface area contributed by atoms with E-state index in [-0.39, 0.29) is 0 Å². The fourth-order valence-electron chi connectivity index (χ4n) is 3.93. The van der Waals surface area contributed by atoms with Crippen molar-refractivity contribution in [1.29, 1.82) is 0 Å². The number of benzene rings is 1. The third-order valence-corrected chi connectivity index (χ3v) is 5.00. The number of aromatic nitrogens is 1. The molecule has 24 heavy (non-hydrogen) atoms. The standard InChI is InChI=1S/C18H19F3N2O/c1-11-22-16-10-23(8-7-17(16)24-11)9-14-13-4-2-3-12(13)5-6-15(14)18(19,20)21/h5-6H,2-4,7-10H2,1H3. The number of aryl methyl sites for hydroxylation is 2.